The highest BCUT2D eigenvalue weighted by Gasteiger charge is 2.37. The van der Waals surface area contributed by atoms with Crippen LogP contribution in [0.2, 0.25) is 0 Å². The second kappa shape index (κ2) is 9.99. The van der Waals surface area contributed by atoms with Gasteiger partial charge in [-0.3, -0.25) is 0 Å². The minimum atomic E-state index is -3.80. The van der Waals surface area contributed by atoms with Gasteiger partial charge >= 0.3 is 7.75 Å². The number of para-hydroxylation sites is 2. The molecule has 1 N–H and O–H groups in total. The van der Waals surface area contributed by atoms with E-state index in [-0.39, 0.29) is 13.1 Å². The van der Waals surface area contributed by atoms with Crippen molar-refractivity contribution in [3.63, 3.8) is 0 Å². The highest BCUT2D eigenvalue weighted by molar-refractivity contribution is 7.52. The first-order valence-corrected chi connectivity index (χ1v) is 10.0. The molecule has 1 unspecified atom stereocenters. The smallest absolute Gasteiger partial charge is 0.404 e. The Morgan fingerprint density at radius 3 is 2.00 bits per heavy atom. The standard InChI is InChI=1S/C21H24NO4P/c1-18(2)17-22(16-10-11-19(3)23)27(24,25-20-12-6-4-7-13-20)26-21-14-8-5-9-15-21/h4-9,12-15,19,23H,1,16-17H2,2-3H3. The minimum absolute atomic E-state index is 0.0920. The van der Waals surface area contributed by atoms with Gasteiger partial charge in [-0.05, 0) is 38.1 Å². The van der Waals surface area contributed by atoms with Gasteiger partial charge in [0.15, 0.2) is 0 Å². The molecule has 0 aliphatic carbocycles. The summed E-state index contributed by atoms with van der Waals surface area (Å²) < 4.78 is 26.9. The Balaban J connectivity index is 2.38. The van der Waals surface area contributed by atoms with Gasteiger partial charge in [0.05, 0.1) is 6.54 Å². The van der Waals surface area contributed by atoms with Gasteiger partial charge in [0.1, 0.15) is 17.6 Å². The average molecular weight is 385 g/mol. The SMILES string of the molecule is C=C(C)CN(CC#CC(C)O)P(=O)(Oc1ccccc1)Oc1ccccc1. The van der Waals surface area contributed by atoms with Crippen LogP contribution in [-0.4, -0.2) is 29.0 Å². The summed E-state index contributed by atoms with van der Waals surface area (Å²) >= 11 is 0. The lowest BCUT2D eigenvalue weighted by molar-refractivity contribution is 0.253. The average Bonchev–Trinajstić information content (AvgIpc) is 2.62. The van der Waals surface area contributed by atoms with E-state index in [1.807, 2.05) is 19.1 Å². The van der Waals surface area contributed by atoms with E-state index >= 15 is 0 Å². The number of hydrogen-bond donors (Lipinski definition) is 1. The fraction of sp³-hybridized carbons (Fsp3) is 0.238. The number of benzene rings is 2. The van der Waals surface area contributed by atoms with E-state index in [1.165, 1.54) is 4.67 Å². The molecule has 0 aliphatic rings. The van der Waals surface area contributed by atoms with Gasteiger partial charge in [-0.2, -0.15) is 4.67 Å². The van der Waals surface area contributed by atoms with Gasteiger partial charge < -0.3 is 14.2 Å². The van der Waals surface area contributed by atoms with Gasteiger partial charge in [-0.25, -0.2) is 4.57 Å². The van der Waals surface area contributed by atoms with E-state index in [0.29, 0.717) is 11.5 Å². The Kier molecular flexibility index (Phi) is 7.69. The van der Waals surface area contributed by atoms with Crippen LogP contribution in [0, 0.1) is 11.8 Å². The van der Waals surface area contributed by atoms with Gasteiger partial charge in [0.25, 0.3) is 0 Å². The third-order valence-corrected chi connectivity index (χ3v) is 5.16. The van der Waals surface area contributed by atoms with Crippen LogP contribution in [0.3, 0.4) is 0 Å². The highest BCUT2D eigenvalue weighted by atomic mass is 31.2. The number of rotatable bonds is 8. The summed E-state index contributed by atoms with van der Waals surface area (Å²) in [6.07, 6.45) is -0.777. The summed E-state index contributed by atoms with van der Waals surface area (Å²) in [6, 6.07) is 17.7. The molecule has 5 nitrogen and oxygen atoms in total. The van der Waals surface area contributed by atoms with E-state index in [2.05, 4.69) is 18.4 Å². The molecule has 2 rings (SSSR count). The molecule has 0 saturated carbocycles. The molecule has 142 valence electrons. The largest absolute Gasteiger partial charge is 0.516 e. The van der Waals surface area contributed by atoms with Gasteiger partial charge in [0.2, 0.25) is 0 Å². The Morgan fingerprint density at radius 1 is 1.11 bits per heavy atom. The number of aliphatic hydroxyl groups is 1. The summed E-state index contributed by atoms with van der Waals surface area (Å²) in [5, 5.41) is 9.38. The maximum absolute atomic E-state index is 13.8. The topological polar surface area (TPSA) is 59.0 Å². The maximum Gasteiger partial charge on any atom is 0.516 e. The van der Waals surface area contributed by atoms with Gasteiger partial charge in [0, 0.05) is 6.54 Å². The monoisotopic (exact) mass is 385 g/mol. The molecule has 27 heavy (non-hydrogen) atoms. The molecule has 0 fully saturated rings. The molecule has 6 heteroatoms. The predicted molar refractivity (Wildman–Crippen MR) is 108 cm³/mol. The van der Waals surface area contributed by atoms with Gasteiger partial charge in [-0.1, -0.05) is 60.4 Å². The first-order chi connectivity index (χ1) is 12.9. The van der Waals surface area contributed by atoms with Crippen molar-refractivity contribution in [2.45, 2.75) is 20.0 Å². The second-order valence-electron chi connectivity index (χ2n) is 6.05. The predicted octanol–water partition coefficient (Wildman–Crippen LogP) is 4.51. The molecule has 0 radical (unpaired) electrons. The van der Waals surface area contributed by atoms with Crippen molar-refractivity contribution in [2.24, 2.45) is 0 Å². The third-order valence-electron chi connectivity index (χ3n) is 3.30. The summed E-state index contributed by atoms with van der Waals surface area (Å²) in [5.74, 6) is 6.32. The molecule has 2 aromatic carbocycles. The number of hydrogen-bond acceptors (Lipinski definition) is 4. The Bertz CT molecular complexity index is 795. The van der Waals surface area contributed by atoms with Crippen LogP contribution in [0.25, 0.3) is 0 Å². The van der Waals surface area contributed by atoms with Crippen molar-refractivity contribution < 1.29 is 18.7 Å². The van der Waals surface area contributed by atoms with E-state index in [0.717, 1.165) is 5.57 Å². The van der Waals surface area contributed by atoms with E-state index in [1.54, 1.807) is 55.5 Å². The fourth-order valence-electron chi connectivity index (χ4n) is 2.19. The summed E-state index contributed by atoms with van der Waals surface area (Å²) in [7, 11) is -3.80. The minimum Gasteiger partial charge on any atom is -0.404 e. The van der Waals surface area contributed by atoms with Crippen LogP contribution >= 0.6 is 7.75 Å². The van der Waals surface area contributed by atoms with Crippen LogP contribution < -0.4 is 9.05 Å². The molecule has 0 aliphatic heterocycles. The summed E-state index contributed by atoms with van der Waals surface area (Å²) in [6.45, 7) is 7.65. The van der Waals surface area contributed by atoms with Crippen LogP contribution in [0.5, 0.6) is 11.5 Å². The fourth-order valence-corrected chi connectivity index (χ4v) is 3.89. The first kappa shape index (κ1) is 20.8. The number of nitrogens with zero attached hydrogens (tertiary/aromatic N) is 1. The van der Waals surface area contributed by atoms with Crippen molar-refractivity contribution >= 4 is 7.75 Å². The van der Waals surface area contributed by atoms with Crippen LogP contribution in [0.4, 0.5) is 0 Å². The zero-order valence-corrected chi connectivity index (χ0v) is 16.4. The summed E-state index contributed by atoms with van der Waals surface area (Å²) in [4.78, 5) is 0. The Hall–Kier alpha value is -2.51. The second-order valence-corrected chi connectivity index (χ2v) is 7.92. The maximum atomic E-state index is 13.8. The number of aliphatic hydroxyl groups excluding tert-OH is 1. The van der Waals surface area contributed by atoms with Crippen molar-refractivity contribution in [3.05, 3.63) is 72.8 Å². The van der Waals surface area contributed by atoms with Crippen molar-refractivity contribution in [3.8, 4) is 23.3 Å². The van der Waals surface area contributed by atoms with Crippen LogP contribution in [-0.2, 0) is 4.57 Å². The molecular weight excluding hydrogens is 361 g/mol. The molecule has 0 saturated heterocycles. The zero-order valence-electron chi connectivity index (χ0n) is 15.5. The van der Waals surface area contributed by atoms with Crippen molar-refractivity contribution in [1.82, 2.24) is 4.67 Å². The van der Waals surface area contributed by atoms with Crippen LogP contribution in [0.15, 0.2) is 72.8 Å². The third kappa shape index (κ3) is 6.96. The Labute approximate surface area is 160 Å². The molecule has 0 bridgehead atoms. The molecular formula is C21H24NO4P. The van der Waals surface area contributed by atoms with E-state index in [4.69, 9.17) is 9.05 Å². The summed E-state index contributed by atoms with van der Waals surface area (Å²) in [5.41, 5.74) is 0.780. The lowest BCUT2D eigenvalue weighted by Gasteiger charge is -2.29. The molecule has 0 spiro atoms. The lowest BCUT2D eigenvalue weighted by Crippen LogP contribution is -2.28. The molecule has 2 aromatic rings. The quantitative estimate of drug-likeness (QED) is 0.411. The van der Waals surface area contributed by atoms with Crippen molar-refractivity contribution in [1.29, 1.82) is 0 Å². The molecule has 0 heterocycles. The molecule has 0 aromatic heterocycles. The Morgan fingerprint density at radius 2 is 1.59 bits per heavy atom. The van der Waals surface area contributed by atoms with Crippen LogP contribution in [0.1, 0.15) is 13.8 Å². The van der Waals surface area contributed by atoms with E-state index < -0.39 is 13.9 Å². The lowest BCUT2D eigenvalue weighted by atomic mass is 10.3. The normalized spacial score (nSPS) is 12.0. The first-order valence-electron chi connectivity index (χ1n) is 8.54. The van der Waals surface area contributed by atoms with Gasteiger partial charge in [-0.15, -0.1) is 0 Å². The molecule has 0 amide bonds. The highest BCUT2D eigenvalue weighted by Crippen LogP contribution is 2.51. The zero-order chi connectivity index (χ0) is 19.7. The van der Waals surface area contributed by atoms with Crippen molar-refractivity contribution in [2.75, 3.05) is 13.1 Å². The molecule has 1 atom stereocenters. The van der Waals surface area contributed by atoms with E-state index in [9.17, 15) is 9.67 Å².